The molecule has 0 amide bonds. The minimum Gasteiger partial charge on any atom is -1.00 e. The van der Waals surface area contributed by atoms with Crippen molar-refractivity contribution in [3.8, 4) is 0 Å². The summed E-state index contributed by atoms with van der Waals surface area (Å²) in [6.45, 7) is 15.9. The molecule has 0 radical (unpaired) electrons. The fourth-order valence-electron chi connectivity index (χ4n) is 7.42. The number of carbonyl (C=O) groups is 1. The zero-order chi connectivity index (χ0) is 38.0. The van der Waals surface area contributed by atoms with Crippen LogP contribution in [0.1, 0.15) is 78.9 Å². The van der Waals surface area contributed by atoms with Gasteiger partial charge in [0.2, 0.25) is 5.69 Å². The van der Waals surface area contributed by atoms with Crippen LogP contribution in [0.5, 0.6) is 0 Å². The number of para-hydroxylation sites is 2. The second-order valence-electron chi connectivity index (χ2n) is 13.6. The summed E-state index contributed by atoms with van der Waals surface area (Å²) in [7, 11) is -6.57. The number of fused-ring (bicyclic) bond motifs is 2. The van der Waals surface area contributed by atoms with Crippen molar-refractivity contribution in [3.63, 3.8) is 0 Å². The minimum absolute atomic E-state index is 0. The molecule has 1 atom stereocenters. The van der Waals surface area contributed by atoms with Crippen molar-refractivity contribution in [2.45, 2.75) is 78.6 Å². The summed E-state index contributed by atoms with van der Waals surface area (Å²) in [6.07, 6.45) is 11.9. The predicted molar refractivity (Wildman–Crippen MR) is 210 cm³/mol. The predicted octanol–water partition coefficient (Wildman–Crippen LogP) is 6.63. The van der Waals surface area contributed by atoms with Crippen molar-refractivity contribution in [3.05, 3.63) is 95.7 Å². The lowest BCUT2D eigenvalue weighted by Crippen LogP contribution is -3.00. The largest absolute Gasteiger partial charge is 1.00 e. The highest BCUT2D eigenvalue weighted by atomic mass is 35.5. The molecule has 53 heavy (non-hydrogen) atoms. The van der Waals surface area contributed by atoms with Crippen molar-refractivity contribution in [2.75, 3.05) is 56.7 Å². The molecule has 1 unspecified atom stereocenters. The van der Waals surface area contributed by atoms with Crippen LogP contribution in [0.25, 0.3) is 0 Å². The van der Waals surface area contributed by atoms with E-state index in [2.05, 4.69) is 66.7 Å². The van der Waals surface area contributed by atoms with Crippen molar-refractivity contribution in [1.82, 2.24) is 0 Å². The average molecular weight is 791 g/mol. The zero-order valence-corrected chi connectivity index (χ0v) is 34.8. The monoisotopic (exact) mass is 790 g/mol. The van der Waals surface area contributed by atoms with Gasteiger partial charge in [0.15, 0.2) is 12.3 Å². The summed E-state index contributed by atoms with van der Waals surface area (Å²) in [6, 6.07) is 16.4. The Hall–Kier alpha value is -2.81. The van der Waals surface area contributed by atoms with Gasteiger partial charge < -0.3 is 40.5 Å². The number of hydrogen-bond donors (Lipinski definition) is 1. The number of rotatable bonds is 21. The molecule has 4 rings (SSSR count). The number of carboxylic acids is 1. The Labute approximate surface area is 322 Å². The minimum atomic E-state index is -3.32. The molecule has 0 spiro atoms. The summed E-state index contributed by atoms with van der Waals surface area (Å²) in [5, 5.41) is 9.45. The molecule has 0 fully saturated rings. The standard InChI is InChI=1S/C40H56N2O8P2.ClH/c1-8-47-51(45,48-9-2)30-28-41-34-22-17-15-20-32(34)39(5,6)36(41)24-13-12-14-25-37-40(7,27-19-26-38(43)44)33-21-16-18-23-35(33)42(37)29-31-52(46,49-10-3)50-11-4;/h12-18,20-25H,8-11,19,26-31H2,1-7H3;1H. The molecule has 0 bridgehead atoms. The number of aliphatic carboxylic acids is 1. The molecule has 2 aliphatic rings. The fraction of sp³-hybridized carbons (Fsp3) is 0.500. The van der Waals surface area contributed by atoms with E-state index in [4.69, 9.17) is 18.1 Å². The maximum absolute atomic E-state index is 13.5. The molecule has 10 nitrogen and oxygen atoms in total. The van der Waals surface area contributed by atoms with Crippen LogP contribution in [-0.2, 0) is 42.8 Å². The number of halogens is 1. The highest BCUT2D eigenvalue weighted by Gasteiger charge is 2.45. The molecular weight excluding hydrogens is 734 g/mol. The van der Waals surface area contributed by atoms with E-state index in [-0.39, 0.29) is 49.8 Å². The molecule has 2 heterocycles. The quantitative estimate of drug-likeness (QED) is 0.0846. The Morgan fingerprint density at radius 1 is 0.811 bits per heavy atom. The first-order valence-corrected chi connectivity index (χ1v) is 21.9. The topological polar surface area (TPSA) is 115 Å². The van der Waals surface area contributed by atoms with E-state index in [0.717, 1.165) is 28.3 Å². The van der Waals surface area contributed by atoms with Gasteiger partial charge in [-0.2, -0.15) is 4.58 Å². The molecule has 2 aromatic carbocycles. The van der Waals surface area contributed by atoms with Gasteiger partial charge in [-0.25, -0.2) is 0 Å². The molecule has 0 saturated carbocycles. The molecule has 13 heteroatoms. The van der Waals surface area contributed by atoms with Crippen LogP contribution in [0.4, 0.5) is 11.4 Å². The van der Waals surface area contributed by atoms with Gasteiger partial charge in [0, 0.05) is 47.5 Å². The van der Waals surface area contributed by atoms with E-state index < -0.39 is 26.6 Å². The van der Waals surface area contributed by atoms with Crippen LogP contribution in [0.15, 0.2) is 84.6 Å². The summed E-state index contributed by atoms with van der Waals surface area (Å²) in [5.74, 6) is -0.821. The highest BCUT2D eigenvalue weighted by molar-refractivity contribution is 7.54. The number of allylic oxidation sites excluding steroid dienone is 6. The van der Waals surface area contributed by atoms with Crippen LogP contribution >= 0.6 is 15.2 Å². The van der Waals surface area contributed by atoms with E-state index in [1.165, 1.54) is 5.56 Å². The molecule has 2 aliphatic heterocycles. The van der Waals surface area contributed by atoms with Gasteiger partial charge in [-0.3, -0.25) is 13.9 Å². The van der Waals surface area contributed by atoms with Gasteiger partial charge >= 0.3 is 21.2 Å². The lowest BCUT2D eigenvalue weighted by Gasteiger charge is -2.31. The van der Waals surface area contributed by atoms with E-state index in [1.54, 1.807) is 0 Å². The SMILES string of the molecule is CCOP(=O)(CCN1/C(=C/C=C/C=C/C2=[N+](CCP(=O)(OCC)OCC)c3ccccc3C2(C)C)C(C)(CCCC(=O)O)c2ccccc21)OCC.[Cl-]. The maximum Gasteiger partial charge on any atom is 0.337 e. The fourth-order valence-corrected chi connectivity index (χ4v) is 10.5. The van der Waals surface area contributed by atoms with Gasteiger partial charge in [0.1, 0.15) is 6.16 Å². The summed E-state index contributed by atoms with van der Waals surface area (Å²) < 4.78 is 51.7. The summed E-state index contributed by atoms with van der Waals surface area (Å²) in [5.41, 5.74) is 5.66. The number of benzene rings is 2. The number of carboxylic acid groups (broad SMARTS) is 1. The van der Waals surface area contributed by atoms with Crippen molar-refractivity contribution < 1.29 is 54.1 Å². The molecule has 0 aliphatic carbocycles. The van der Waals surface area contributed by atoms with Crippen LogP contribution in [0, 0.1) is 0 Å². The molecular formula is C40H57ClN2O8P2. The van der Waals surface area contributed by atoms with Crippen LogP contribution in [0.3, 0.4) is 0 Å². The normalized spacial score (nSPS) is 19.0. The summed E-state index contributed by atoms with van der Waals surface area (Å²) in [4.78, 5) is 13.7. The van der Waals surface area contributed by atoms with Crippen LogP contribution in [0.2, 0.25) is 0 Å². The van der Waals surface area contributed by atoms with Gasteiger partial charge in [-0.1, -0.05) is 54.6 Å². The van der Waals surface area contributed by atoms with Gasteiger partial charge in [0.25, 0.3) is 0 Å². The average Bonchev–Trinajstić information content (AvgIpc) is 3.46. The van der Waals surface area contributed by atoms with Crippen molar-refractivity contribution in [2.24, 2.45) is 0 Å². The molecule has 0 aromatic heterocycles. The molecule has 292 valence electrons. The summed E-state index contributed by atoms with van der Waals surface area (Å²) >= 11 is 0. The lowest BCUT2D eigenvalue weighted by molar-refractivity contribution is -0.432. The molecule has 1 N–H and O–H groups in total. The Morgan fingerprint density at radius 3 is 1.98 bits per heavy atom. The maximum atomic E-state index is 13.5. The Morgan fingerprint density at radius 2 is 1.38 bits per heavy atom. The third-order valence-corrected chi connectivity index (χ3v) is 13.8. The number of hydrogen-bond acceptors (Lipinski definition) is 8. The first-order chi connectivity index (χ1) is 24.8. The second kappa shape index (κ2) is 19.7. The first-order valence-electron chi connectivity index (χ1n) is 18.4. The molecule has 2 aromatic rings. The van der Waals surface area contributed by atoms with Crippen molar-refractivity contribution >= 4 is 38.2 Å². The van der Waals surface area contributed by atoms with E-state index >= 15 is 0 Å². The van der Waals surface area contributed by atoms with E-state index in [0.29, 0.717) is 39.1 Å². The van der Waals surface area contributed by atoms with Gasteiger partial charge in [-0.05, 0) is 79.0 Å². The van der Waals surface area contributed by atoms with E-state index in [1.807, 2.05) is 70.2 Å². The van der Waals surface area contributed by atoms with Crippen LogP contribution < -0.4 is 17.3 Å². The number of nitrogens with zero attached hydrogens (tertiary/aromatic N) is 2. The van der Waals surface area contributed by atoms with E-state index in [9.17, 15) is 19.0 Å². The zero-order valence-electron chi connectivity index (χ0n) is 32.3. The lowest BCUT2D eigenvalue weighted by atomic mass is 9.77. The second-order valence-corrected chi connectivity index (χ2v) is 17.9. The first kappa shape index (κ1) is 44.6. The number of anilines is 1. The van der Waals surface area contributed by atoms with Crippen molar-refractivity contribution in [1.29, 1.82) is 0 Å². The highest BCUT2D eigenvalue weighted by Crippen LogP contribution is 2.53. The van der Waals surface area contributed by atoms with Crippen LogP contribution in [-0.4, -0.2) is 73.2 Å². The Balaban J connectivity index is 0.00000756. The van der Waals surface area contributed by atoms with Gasteiger partial charge in [0.05, 0.1) is 38.0 Å². The van der Waals surface area contributed by atoms with Gasteiger partial charge in [-0.15, -0.1) is 0 Å². The Kier molecular flexibility index (Phi) is 16.6. The smallest absolute Gasteiger partial charge is 0.337 e. The third kappa shape index (κ3) is 10.5. The Bertz CT molecular complexity index is 1770. The molecule has 0 saturated heterocycles. The third-order valence-electron chi connectivity index (χ3n) is 9.74.